The van der Waals surface area contributed by atoms with E-state index in [9.17, 15) is 4.39 Å². The van der Waals surface area contributed by atoms with E-state index in [2.05, 4.69) is 5.32 Å². The van der Waals surface area contributed by atoms with Gasteiger partial charge in [0.1, 0.15) is 5.82 Å². The van der Waals surface area contributed by atoms with E-state index >= 15 is 0 Å². The third-order valence-corrected chi connectivity index (χ3v) is 2.77. The van der Waals surface area contributed by atoms with Gasteiger partial charge in [-0.25, -0.2) is 4.39 Å². The van der Waals surface area contributed by atoms with Crippen LogP contribution in [0, 0.1) is 5.82 Å². The fourth-order valence-electron chi connectivity index (χ4n) is 1.94. The topological polar surface area (TPSA) is 39.7 Å². The summed E-state index contributed by atoms with van der Waals surface area (Å²) in [6, 6.07) is 3.02. The van der Waals surface area contributed by atoms with Crippen LogP contribution in [0.1, 0.15) is 11.7 Å². The van der Waals surface area contributed by atoms with Crippen LogP contribution in [0.15, 0.2) is 12.1 Å². The molecule has 1 N–H and O–H groups in total. The van der Waals surface area contributed by atoms with Crippen LogP contribution in [0.4, 0.5) is 4.39 Å². The number of ether oxygens (including phenoxy) is 3. The fraction of sp³-hybridized carbons (Fsp3) is 0.455. The van der Waals surface area contributed by atoms with Crippen LogP contribution in [-0.2, 0) is 4.74 Å². The number of halogens is 1. The van der Waals surface area contributed by atoms with Gasteiger partial charge in [-0.2, -0.15) is 0 Å². The van der Waals surface area contributed by atoms with Crippen LogP contribution in [0.5, 0.6) is 11.5 Å². The number of rotatable bonds is 1. The number of hydrogen-bond acceptors (Lipinski definition) is 4. The zero-order chi connectivity index (χ0) is 11.0. The summed E-state index contributed by atoms with van der Waals surface area (Å²) in [6.45, 7) is 2.18. The van der Waals surface area contributed by atoms with Gasteiger partial charge in [0, 0.05) is 24.7 Å². The van der Waals surface area contributed by atoms with E-state index in [-0.39, 0.29) is 18.7 Å². The Morgan fingerprint density at radius 3 is 2.81 bits per heavy atom. The van der Waals surface area contributed by atoms with Crippen molar-refractivity contribution in [3.8, 4) is 11.5 Å². The highest BCUT2D eigenvalue weighted by Gasteiger charge is 2.24. The first-order chi connectivity index (χ1) is 7.84. The smallest absolute Gasteiger partial charge is 0.231 e. The standard InChI is InChI=1S/C11H12FNO3/c12-8-4-10-9(15-6-16-10)3-7(8)11-5-13-1-2-14-11/h3-4,11,13H,1-2,5-6H2. The van der Waals surface area contributed by atoms with Crippen LogP contribution in [0.25, 0.3) is 0 Å². The molecule has 0 aromatic heterocycles. The van der Waals surface area contributed by atoms with Crippen LogP contribution in [-0.4, -0.2) is 26.5 Å². The summed E-state index contributed by atoms with van der Waals surface area (Å²) in [5.74, 6) is 0.744. The molecule has 0 aliphatic carbocycles. The second kappa shape index (κ2) is 3.92. The van der Waals surface area contributed by atoms with Gasteiger partial charge in [0.15, 0.2) is 11.5 Å². The highest BCUT2D eigenvalue weighted by atomic mass is 19.1. The van der Waals surface area contributed by atoms with Crippen molar-refractivity contribution < 1.29 is 18.6 Å². The van der Waals surface area contributed by atoms with Gasteiger partial charge < -0.3 is 19.5 Å². The monoisotopic (exact) mass is 225 g/mol. The van der Waals surface area contributed by atoms with Gasteiger partial charge in [-0.1, -0.05) is 0 Å². The normalized spacial score (nSPS) is 23.4. The van der Waals surface area contributed by atoms with Gasteiger partial charge in [0.2, 0.25) is 6.79 Å². The molecule has 0 spiro atoms. The molecule has 2 aliphatic heterocycles. The molecule has 0 bridgehead atoms. The number of morpholine rings is 1. The molecule has 1 unspecified atom stereocenters. The van der Waals surface area contributed by atoms with Crippen LogP contribution < -0.4 is 14.8 Å². The molecule has 4 nitrogen and oxygen atoms in total. The molecular weight excluding hydrogens is 213 g/mol. The lowest BCUT2D eigenvalue weighted by Crippen LogP contribution is -2.33. The predicted molar refractivity (Wildman–Crippen MR) is 54.1 cm³/mol. The molecule has 0 radical (unpaired) electrons. The van der Waals surface area contributed by atoms with Crippen molar-refractivity contribution in [2.45, 2.75) is 6.10 Å². The first-order valence-corrected chi connectivity index (χ1v) is 5.26. The van der Waals surface area contributed by atoms with Crippen molar-refractivity contribution in [2.24, 2.45) is 0 Å². The number of fused-ring (bicyclic) bond motifs is 1. The van der Waals surface area contributed by atoms with Gasteiger partial charge >= 0.3 is 0 Å². The van der Waals surface area contributed by atoms with E-state index in [0.717, 1.165) is 6.54 Å². The Kier molecular flexibility index (Phi) is 2.41. The Morgan fingerprint density at radius 1 is 1.25 bits per heavy atom. The first-order valence-electron chi connectivity index (χ1n) is 5.26. The zero-order valence-electron chi connectivity index (χ0n) is 8.66. The summed E-state index contributed by atoms with van der Waals surface area (Å²) < 4.78 is 29.6. The van der Waals surface area contributed by atoms with Gasteiger partial charge in [-0.3, -0.25) is 0 Å². The summed E-state index contributed by atoms with van der Waals surface area (Å²) in [5, 5.41) is 3.16. The van der Waals surface area contributed by atoms with Crippen molar-refractivity contribution in [1.29, 1.82) is 0 Å². The molecule has 2 aliphatic rings. The quantitative estimate of drug-likeness (QED) is 0.780. The summed E-state index contributed by atoms with van der Waals surface area (Å²) in [7, 11) is 0. The highest BCUT2D eigenvalue weighted by molar-refractivity contribution is 5.46. The average Bonchev–Trinajstić information content (AvgIpc) is 2.76. The summed E-state index contributed by atoms with van der Waals surface area (Å²) in [5.41, 5.74) is 0.524. The summed E-state index contributed by atoms with van der Waals surface area (Å²) in [6.07, 6.45) is -0.247. The number of nitrogens with one attached hydrogen (secondary N) is 1. The molecule has 0 saturated carbocycles. The predicted octanol–water partition coefficient (Wildman–Crippen LogP) is 1.22. The molecule has 1 fully saturated rings. The zero-order valence-corrected chi connectivity index (χ0v) is 8.66. The van der Waals surface area contributed by atoms with Gasteiger partial charge in [0.05, 0.1) is 12.7 Å². The van der Waals surface area contributed by atoms with Crippen LogP contribution >= 0.6 is 0 Å². The second-order valence-corrected chi connectivity index (χ2v) is 3.79. The fourth-order valence-corrected chi connectivity index (χ4v) is 1.94. The van der Waals surface area contributed by atoms with Crippen molar-refractivity contribution >= 4 is 0 Å². The maximum atomic E-state index is 13.8. The molecule has 2 heterocycles. The minimum Gasteiger partial charge on any atom is -0.454 e. The van der Waals surface area contributed by atoms with Crippen LogP contribution in [0.3, 0.4) is 0 Å². The summed E-state index contributed by atoms with van der Waals surface area (Å²) >= 11 is 0. The Labute approximate surface area is 92.3 Å². The van der Waals surface area contributed by atoms with Gasteiger partial charge in [-0.05, 0) is 6.07 Å². The molecule has 0 amide bonds. The van der Waals surface area contributed by atoms with Crippen molar-refractivity contribution in [2.75, 3.05) is 26.5 Å². The van der Waals surface area contributed by atoms with Crippen molar-refractivity contribution in [3.05, 3.63) is 23.5 Å². The third kappa shape index (κ3) is 1.62. The van der Waals surface area contributed by atoms with Crippen LogP contribution in [0.2, 0.25) is 0 Å². The lowest BCUT2D eigenvalue weighted by Gasteiger charge is -2.24. The molecule has 1 saturated heterocycles. The van der Waals surface area contributed by atoms with E-state index in [4.69, 9.17) is 14.2 Å². The second-order valence-electron chi connectivity index (χ2n) is 3.79. The van der Waals surface area contributed by atoms with Gasteiger partial charge in [0.25, 0.3) is 0 Å². The van der Waals surface area contributed by atoms with E-state index in [0.29, 0.717) is 30.2 Å². The Bertz CT molecular complexity index is 404. The molecule has 3 rings (SSSR count). The maximum absolute atomic E-state index is 13.8. The lowest BCUT2D eigenvalue weighted by atomic mass is 10.1. The van der Waals surface area contributed by atoms with Crippen molar-refractivity contribution in [1.82, 2.24) is 5.32 Å². The van der Waals surface area contributed by atoms with Crippen molar-refractivity contribution in [3.63, 3.8) is 0 Å². The maximum Gasteiger partial charge on any atom is 0.231 e. The molecular formula is C11H12FNO3. The Morgan fingerprint density at radius 2 is 2.06 bits per heavy atom. The molecule has 1 atom stereocenters. The first kappa shape index (κ1) is 9.86. The van der Waals surface area contributed by atoms with E-state index < -0.39 is 0 Å². The lowest BCUT2D eigenvalue weighted by molar-refractivity contribution is 0.0254. The largest absolute Gasteiger partial charge is 0.454 e. The Balaban J connectivity index is 1.94. The summed E-state index contributed by atoms with van der Waals surface area (Å²) in [4.78, 5) is 0. The molecule has 1 aromatic carbocycles. The van der Waals surface area contributed by atoms with E-state index in [1.165, 1.54) is 6.07 Å². The van der Waals surface area contributed by atoms with Gasteiger partial charge in [-0.15, -0.1) is 0 Å². The highest BCUT2D eigenvalue weighted by Crippen LogP contribution is 2.37. The molecule has 1 aromatic rings. The minimum atomic E-state index is -0.307. The van der Waals surface area contributed by atoms with E-state index in [1.54, 1.807) is 6.07 Å². The minimum absolute atomic E-state index is 0.155. The average molecular weight is 225 g/mol. The molecule has 16 heavy (non-hydrogen) atoms. The number of hydrogen-bond donors (Lipinski definition) is 1. The Hall–Kier alpha value is -1.33. The molecule has 86 valence electrons. The third-order valence-electron chi connectivity index (χ3n) is 2.77. The number of benzene rings is 1. The molecule has 5 heteroatoms. The SMILES string of the molecule is Fc1cc2c(cc1C1CNCCO1)OCO2. The van der Waals surface area contributed by atoms with E-state index in [1.807, 2.05) is 0 Å².